The Balaban J connectivity index is 1.62. The molecular weight excluding hydrogens is 332 g/mol. The number of rotatable bonds is 6. The van der Waals surface area contributed by atoms with Crippen molar-refractivity contribution in [2.45, 2.75) is 13.3 Å². The third-order valence-corrected chi connectivity index (χ3v) is 3.82. The van der Waals surface area contributed by atoms with Crippen molar-refractivity contribution < 1.29 is 14.3 Å². The van der Waals surface area contributed by atoms with Crippen molar-refractivity contribution in [3.63, 3.8) is 0 Å². The van der Waals surface area contributed by atoms with Crippen LogP contribution < -0.4 is 10.6 Å². The van der Waals surface area contributed by atoms with Crippen molar-refractivity contribution in [2.24, 2.45) is 0 Å². The van der Waals surface area contributed by atoms with E-state index in [9.17, 15) is 9.59 Å². The molecule has 26 heavy (non-hydrogen) atoms. The summed E-state index contributed by atoms with van der Waals surface area (Å²) in [6.45, 7) is 2.56. The highest BCUT2D eigenvalue weighted by atomic mass is 16.5. The zero-order valence-corrected chi connectivity index (χ0v) is 14.4. The number of hydrogen-bond acceptors (Lipinski definition) is 4. The molecule has 2 aromatic heterocycles. The number of benzene rings is 1. The van der Waals surface area contributed by atoms with Crippen LogP contribution >= 0.6 is 0 Å². The van der Waals surface area contributed by atoms with Crippen LogP contribution in [0.4, 0.5) is 10.5 Å². The SMILES string of the molecule is CCOC(=O)c1cnn2ccc(NC(=O)NCCc3ccccc3)cc12. The number of nitrogens with one attached hydrogen (secondary N) is 2. The number of nitrogens with zero attached hydrogens (tertiary/aromatic N) is 2. The van der Waals surface area contributed by atoms with E-state index in [1.165, 1.54) is 6.20 Å². The summed E-state index contributed by atoms with van der Waals surface area (Å²) in [4.78, 5) is 24.0. The van der Waals surface area contributed by atoms with Gasteiger partial charge in [-0.3, -0.25) is 0 Å². The van der Waals surface area contributed by atoms with E-state index in [1.54, 1.807) is 29.8 Å². The molecule has 0 saturated carbocycles. The molecule has 0 radical (unpaired) electrons. The van der Waals surface area contributed by atoms with Crippen LogP contribution in [0.25, 0.3) is 5.52 Å². The first kappa shape index (κ1) is 17.5. The van der Waals surface area contributed by atoms with Crippen molar-refractivity contribution >= 4 is 23.2 Å². The Morgan fingerprint density at radius 3 is 2.77 bits per heavy atom. The molecule has 0 aliphatic heterocycles. The Kier molecular flexibility index (Phi) is 5.48. The first-order valence-electron chi connectivity index (χ1n) is 8.40. The fourth-order valence-corrected chi connectivity index (χ4v) is 2.56. The lowest BCUT2D eigenvalue weighted by atomic mass is 10.1. The summed E-state index contributed by atoms with van der Waals surface area (Å²) in [5, 5.41) is 9.69. The molecule has 0 bridgehead atoms. The summed E-state index contributed by atoms with van der Waals surface area (Å²) >= 11 is 0. The summed E-state index contributed by atoms with van der Waals surface area (Å²) in [5.74, 6) is -0.438. The molecule has 7 heteroatoms. The van der Waals surface area contributed by atoms with Gasteiger partial charge in [0.25, 0.3) is 0 Å². The highest BCUT2D eigenvalue weighted by Gasteiger charge is 2.14. The molecule has 0 aliphatic rings. The number of hydrogen-bond donors (Lipinski definition) is 2. The number of carbonyl (C=O) groups excluding carboxylic acids is 2. The second-order valence-corrected chi connectivity index (χ2v) is 5.64. The fraction of sp³-hybridized carbons (Fsp3) is 0.211. The van der Waals surface area contributed by atoms with E-state index in [-0.39, 0.29) is 12.6 Å². The average molecular weight is 352 g/mol. The predicted octanol–water partition coefficient (Wildman–Crippen LogP) is 2.88. The smallest absolute Gasteiger partial charge is 0.341 e. The third-order valence-electron chi connectivity index (χ3n) is 3.82. The molecule has 0 fully saturated rings. The first-order chi connectivity index (χ1) is 12.7. The maximum Gasteiger partial charge on any atom is 0.341 e. The maximum absolute atomic E-state index is 12.1. The standard InChI is InChI=1S/C19H20N4O3/c1-2-26-18(24)16-13-21-23-11-9-15(12-17(16)23)22-19(25)20-10-8-14-6-4-3-5-7-14/h3-7,9,11-13H,2,8,10H2,1H3,(H2,20,22,25). The van der Waals surface area contributed by atoms with Crippen molar-refractivity contribution in [3.8, 4) is 0 Å². The molecule has 0 aliphatic carbocycles. The lowest BCUT2D eigenvalue weighted by molar-refractivity contribution is 0.0528. The number of amides is 2. The number of esters is 1. The lowest BCUT2D eigenvalue weighted by Crippen LogP contribution is -2.30. The van der Waals surface area contributed by atoms with E-state index in [0.717, 1.165) is 12.0 Å². The van der Waals surface area contributed by atoms with Gasteiger partial charge in [0.15, 0.2) is 0 Å². The third kappa shape index (κ3) is 4.18. The largest absolute Gasteiger partial charge is 0.462 e. The van der Waals surface area contributed by atoms with Crippen LogP contribution in [0, 0.1) is 0 Å². The van der Waals surface area contributed by atoms with Gasteiger partial charge in [-0.15, -0.1) is 0 Å². The van der Waals surface area contributed by atoms with Gasteiger partial charge in [0, 0.05) is 18.4 Å². The predicted molar refractivity (Wildman–Crippen MR) is 98.3 cm³/mol. The van der Waals surface area contributed by atoms with E-state index in [0.29, 0.717) is 23.3 Å². The molecule has 3 aromatic rings. The Morgan fingerprint density at radius 2 is 2.00 bits per heavy atom. The summed E-state index contributed by atoms with van der Waals surface area (Å²) in [6, 6.07) is 13.0. The van der Waals surface area contributed by atoms with E-state index in [4.69, 9.17) is 4.74 Å². The number of aromatic nitrogens is 2. The molecule has 0 spiro atoms. The van der Waals surface area contributed by atoms with Crippen LogP contribution in [0.3, 0.4) is 0 Å². The second-order valence-electron chi connectivity index (χ2n) is 5.64. The molecule has 0 unspecified atom stereocenters. The van der Waals surface area contributed by atoms with Crippen LogP contribution in [0.15, 0.2) is 54.9 Å². The summed E-state index contributed by atoms with van der Waals surface area (Å²) in [7, 11) is 0. The Hall–Kier alpha value is -3.35. The van der Waals surface area contributed by atoms with Gasteiger partial charge in [-0.2, -0.15) is 5.10 Å². The molecule has 7 nitrogen and oxygen atoms in total. The zero-order valence-electron chi connectivity index (χ0n) is 14.4. The fourth-order valence-electron chi connectivity index (χ4n) is 2.56. The normalized spacial score (nSPS) is 10.5. The Morgan fingerprint density at radius 1 is 1.19 bits per heavy atom. The number of fused-ring (bicyclic) bond motifs is 1. The average Bonchev–Trinajstić information content (AvgIpc) is 3.06. The number of carbonyl (C=O) groups is 2. The van der Waals surface area contributed by atoms with E-state index >= 15 is 0 Å². The molecule has 0 saturated heterocycles. The molecule has 0 atom stereocenters. The Bertz CT molecular complexity index is 906. The van der Waals surface area contributed by atoms with Crippen LogP contribution in [-0.4, -0.2) is 34.8 Å². The molecule has 134 valence electrons. The number of ether oxygens (including phenoxy) is 1. The molecule has 3 rings (SSSR count). The monoisotopic (exact) mass is 352 g/mol. The van der Waals surface area contributed by atoms with Gasteiger partial charge in [0.05, 0.1) is 18.3 Å². The number of urea groups is 1. The summed E-state index contributed by atoms with van der Waals surface area (Å²) in [6.07, 6.45) is 3.89. The van der Waals surface area contributed by atoms with Crippen LogP contribution in [0.5, 0.6) is 0 Å². The first-order valence-corrected chi connectivity index (χ1v) is 8.40. The minimum absolute atomic E-state index is 0.290. The van der Waals surface area contributed by atoms with E-state index in [2.05, 4.69) is 15.7 Å². The molecule has 2 heterocycles. The highest BCUT2D eigenvalue weighted by molar-refractivity contribution is 5.98. The highest BCUT2D eigenvalue weighted by Crippen LogP contribution is 2.17. The van der Waals surface area contributed by atoms with Crippen molar-refractivity contribution in [3.05, 3.63) is 66.0 Å². The molecule has 1 aromatic carbocycles. The topological polar surface area (TPSA) is 84.7 Å². The number of pyridine rings is 1. The van der Waals surface area contributed by atoms with E-state index < -0.39 is 5.97 Å². The minimum Gasteiger partial charge on any atom is -0.462 e. The summed E-state index contributed by atoms with van der Waals surface area (Å²) in [5.41, 5.74) is 2.67. The van der Waals surface area contributed by atoms with Gasteiger partial charge in [0.2, 0.25) is 0 Å². The van der Waals surface area contributed by atoms with Gasteiger partial charge in [-0.05, 0) is 31.0 Å². The van der Waals surface area contributed by atoms with Crippen LogP contribution in [0.2, 0.25) is 0 Å². The van der Waals surface area contributed by atoms with E-state index in [1.807, 2.05) is 30.3 Å². The molecule has 2 amide bonds. The van der Waals surface area contributed by atoms with Gasteiger partial charge >= 0.3 is 12.0 Å². The van der Waals surface area contributed by atoms with Gasteiger partial charge in [0.1, 0.15) is 5.56 Å². The van der Waals surface area contributed by atoms with Gasteiger partial charge in [-0.25, -0.2) is 14.1 Å². The molecular formula is C19H20N4O3. The summed E-state index contributed by atoms with van der Waals surface area (Å²) < 4.78 is 6.58. The molecule has 2 N–H and O–H groups in total. The maximum atomic E-state index is 12.1. The van der Waals surface area contributed by atoms with Crippen molar-refractivity contribution in [2.75, 3.05) is 18.5 Å². The minimum atomic E-state index is -0.438. The van der Waals surface area contributed by atoms with Crippen LogP contribution in [-0.2, 0) is 11.2 Å². The number of anilines is 1. The van der Waals surface area contributed by atoms with Gasteiger partial charge < -0.3 is 15.4 Å². The lowest BCUT2D eigenvalue weighted by Gasteiger charge is -2.08. The zero-order chi connectivity index (χ0) is 18.4. The van der Waals surface area contributed by atoms with Crippen molar-refractivity contribution in [1.82, 2.24) is 14.9 Å². The van der Waals surface area contributed by atoms with Crippen LogP contribution in [0.1, 0.15) is 22.8 Å². The van der Waals surface area contributed by atoms with Gasteiger partial charge in [-0.1, -0.05) is 30.3 Å². The second kappa shape index (κ2) is 8.15. The quantitative estimate of drug-likeness (QED) is 0.668. The Labute approximate surface area is 151 Å². The van der Waals surface area contributed by atoms with Crippen molar-refractivity contribution in [1.29, 1.82) is 0 Å².